The van der Waals surface area contributed by atoms with Crippen LogP contribution in [0.1, 0.15) is 29.6 Å². The Morgan fingerprint density at radius 3 is 2.85 bits per heavy atom. The minimum atomic E-state index is -0.516. The average molecular weight is 359 g/mol. The summed E-state index contributed by atoms with van der Waals surface area (Å²) in [5.74, 6) is 0.0147. The Morgan fingerprint density at radius 2 is 2.25 bits per heavy atom. The number of hydrogen-bond donors (Lipinski definition) is 0. The van der Waals surface area contributed by atoms with Crippen LogP contribution >= 0.6 is 27.5 Å². The number of esters is 1. The van der Waals surface area contributed by atoms with Crippen molar-refractivity contribution in [1.82, 2.24) is 4.98 Å². The van der Waals surface area contributed by atoms with Crippen LogP contribution in [0.5, 0.6) is 0 Å². The molecule has 1 heterocycles. The number of rotatable bonds is 4. The number of carbonyl (C=O) groups is 1. The van der Waals surface area contributed by atoms with Crippen molar-refractivity contribution in [2.24, 2.45) is 0 Å². The molecule has 0 saturated carbocycles. The predicted molar refractivity (Wildman–Crippen MR) is 80.0 cm³/mol. The maximum atomic E-state index is 11.7. The van der Waals surface area contributed by atoms with E-state index in [9.17, 15) is 4.79 Å². The normalized spacial score (nSPS) is 10.6. The summed E-state index contributed by atoms with van der Waals surface area (Å²) >= 11 is 9.32. The van der Waals surface area contributed by atoms with Gasteiger partial charge >= 0.3 is 5.97 Å². The summed E-state index contributed by atoms with van der Waals surface area (Å²) < 4.78 is 11.0. The summed E-state index contributed by atoms with van der Waals surface area (Å²) in [7, 11) is 1.32. The third-order valence-corrected chi connectivity index (χ3v) is 3.61. The van der Waals surface area contributed by atoms with Crippen LogP contribution < -0.4 is 0 Å². The molecule has 0 atom stereocenters. The van der Waals surface area contributed by atoms with E-state index in [1.165, 1.54) is 7.11 Å². The highest BCUT2D eigenvalue weighted by Crippen LogP contribution is 2.31. The molecule has 4 nitrogen and oxygen atoms in total. The minimum Gasteiger partial charge on any atom is -0.463 e. The fourth-order valence-electron chi connectivity index (χ4n) is 1.79. The van der Waals surface area contributed by atoms with E-state index in [-0.39, 0.29) is 5.76 Å². The molecule has 0 saturated heterocycles. The molecule has 2 rings (SSSR count). The van der Waals surface area contributed by atoms with Gasteiger partial charge in [0.25, 0.3) is 0 Å². The first-order chi connectivity index (χ1) is 9.56. The van der Waals surface area contributed by atoms with Crippen molar-refractivity contribution in [3.63, 3.8) is 0 Å². The van der Waals surface area contributed by atoms with Crippen LogP contribution in [0.3, 0.4) is 0 Å². The number of methoxy groups -OCH3 is 1. The van der Waals surface area contributed by atoms with Crippen LogP contribution in [-0.4, -0.2) is 18.1 Å². The van der Waals surface area contributed by atoms with E-state index in [0.29, 0.717) is 23.0 Å². The highest BCUT2D eigenvalue weighted by Gasteiger charge is 2.22. The highest BCUT2D eigenvalue weighted by molar-refractivity contribution is 9.10. The monoisotopic (exact) mass is 357 g/mol. The van der Waals surface area contributed by atoms with Crippen LogP contribution in [-0.2, 0) is 11.2 Å². The number of aromatic nitrogens is 1. The SMILES string of the molecule is CCCc1nc(-c2ccc(Cl)cc2Br)oc1C(=O)OC. The lowest BCUT2D eigenvalue weighted by Crippen LogP contribution is -2.03. The van der Waals surface area contributed by atoms with Crippen molar-refractivity contribution in [3.8, 4) is 11.5 Å². The molecule has 2 aromatic rings. The lowest BCUT2D eigenvalue weighted by molar-refractivity contribution is 0.0564. The van der Waals surface area contributed by atoms with E-state index >= 15 is 0 Å². The molecule has 0 aliphatic heterocycles. The lowest BCUT2D eigenvalue weighted by Gasteiger charge is -1.99. The molecule has 0 unspecified atom stereocenters. The fourth-order valence-corrected chi connectivity index (χ4v) is 2.64. The second-order valence-electron chi connectivity index (χ2n) is 4.16. The average Bonchev–Trinajstić information content (AvgIpc) is 2.82. The Balaban J connectivity index is 2.49. The molecule has 0 aliphatic carbocycles. The van der Waals surface area contributed by atoms with Gasteiger partial charge in [-0.1, -0.05) is 24.9 Å². The van der Waals surface area contributed by atoms with Crippen LogP contribution in [0.2, 0.25) is 5.02 Å². The van der Waals surface area contributed by atoms with Gasteiger partial charge in [-0.05, 0) is 40.5 Å². The second-order valence-corrected chi connectivity index (χ2v) is 5.45. The molecule has 1 aromatic heterocycles. The first-order valence-corrected chi connectivity index (χ1v) is 7.27. The quantitative estimate of drug-likeness (QED) is 0.755. The number of carbonyl (C=O) groups excluding carboxylic acids is 1. The van der Waals surface area contributed by atoms with Gasteiger partial charge in [-0.15, -0.1) is 0 Å². The molecule has 0 spiro atoms. The van der Waals surface area contributed by atoms with Gasteiger partial charge in [0, 0.05) is 9.50 Å². The molecule has 0 amide bonds. The molecule has 0 radical (unpaired) electrons. The molecule has 0 bridgehead atoms. The Hall–Kier alpha value is -1.33. The zero-order valence-electron chi connectivity index (χ0n) is 11.1. The maximum absolute atomic E-state index is 11.7. The first-order valence-electron chi connectivity index (χ1n) is 6.10. The zero-order valence-corrected chi connectivity index (χ0v) is 13.4. The van der Waals surface area contributed by atoms with Crippen LogP contribution in [0.15, 0.2) is 27.1 Å². The molecule has 0 N–H and O–H groups in total. The second kappa shape index (κ2) is 6.41. The van der Waals surface area contributed by atoms with E-state index in [1.807, 2.05) is 6.92 Å². The molecule has 20 heavy (non-hydrogen) atoms. The summed E-state index contributed by atoms with van der Waals surface area (Å²) in [6.07, 6.45) is 1.51. The van der Waals surface area contributed by atoms with Gasteiger partial charge < -0.3 is 9.15 Å². The van der Waals surface area contributed by atoms with Gasteiger partial charge in [0.1, 0.15) is 0 Å². The van der Waals surface area contributed by atoms with Gasteiger partial charge in [0.2, 0.25) is 11.7 Å². The molecular formula is C14H13BrClNO3. The maximum Gasteiger partial charge on any atom is 0.376 e. The molecule has 0 aliphatic rings. The molecule has 106 valence electrons. The van der Waals surface area contributed by atoms with Gasteiger partial charge in [0.15, 0.2) is 0 Å². The topological polar surface area (TPSA) is 52.3 Å². The molecule has 6 heteroatoms. The summed E-state index contributed by atoms with van der Waals surface area (Å²) in [4.78, 5) is 16.1. The summed E-state index contributed by atoms with van der Waals surface area (Å²) in [5, 5.41) is 0.606. The Labute approximate surface area is 130 Å². The molecule has 0 fully saturated rings. The zero-order chi connectivity index (χ0) is 14.7. The van der Waals surface area contributed by atoms with Gasteiger partial charge in [0.05, 0.1) is 18.4 Å². The number of aryl methyl sites for hydroxylation is 1. The summed E-state index contributed by atoms with van der Waals surface area (Å²) in [6, 6.07) is 5.27. The van der Waals surface area contributed by atoms with Crippen molar-refractivity contribution in [1.29, 1.82) is 0 Å². The van der Waals surface area contributed by atoms with Gasteiger partial charge in [-0.2, -0.15) is 0 Å². The number of benzene rings is 1. The predicted octanol–water partition coefficient (Wildman–Crippen LogP) is 4.50. The smallest absolute Gasteiger partial charge is 0.376 e. The van der Waals surface area contributed by atoms with Crippen molar-refractivity contribution in [2.45, 2.75) is 19.8 Å². The van der Waals surface area contributed by atoms with E-state index in [4.69, 9.17) is 20.8 Å². The van der Waals surface area contributed by atoms with Gasteiger partial charge in [-0.3, -0.25) is 0 Å². The largest absolute Gasteiger partial charge is 0.463 e. The van der Waals surface area contributed by atoms with Crippen molar-refractivity contribution in [2.75, 3.05) is 7.11 Å². The van der Waals surface area contributed by atoms with E-state index in [1.54, 1.807) is 18.2 Å². The first kappa shape index (κ1) is 15.1. The summed E-state index contributed by atoms with van der Waals surface area (Å²) in [5.41, 5.74) is 1.35. The number of ether oxygens (including phenoxy) is 1. The number of nitrogens with zero attached hydrogens (tertiary/aromatic N) is 1. The van der Waals surface area contributed by atoms with E-state index in [0.717, 1.165) is 16.5 Å². The van der Waals surface area contributed by atoms with Crippen LogP contribution in [0.4, 0.5) is 0 Å². The van der Waals surface area contributed by atoms with Crippen molar-refractivity contribution < 1.29 is 13.9 Å². The lowest BCUT2D eigenvalue weighted by atomic mass is 10.2. The number of oxazole rings is 1. The van der Waals surface area contributed by atoms with Crippen LogP contribution in [0, 0.1) is 0 Å². The Morgan fingerprint density at radius 1 is 1.50 bits per heavy atom. The summed E-state index contributed by atoms with van der Waals surface area (Å²) in [6.45, 7) is 2.01. The molecular weight excluding hydrogens is 346 g/mol. The number of halogens is 2. The van der Waals surface area contributed by atoms with E-state index < -0.39 is 5.97 Å². The highest BCUT2D eigenvalue weighted by atomic mass is 79.9. The Kier molecular flexibility index (Phi) is 4.83. The fraction of sp³-hybridized carbons (Fsp3) is 0.286. The minimum absolute atomic E-state index is 0.159. The van der Waals surface area contributed by atoms with Crippen molar-refractivity contribution in [3.05, 3.63) is 39.1 Å². The van der Waals surface area contributed by atoms with Crippen LogP contribution in [0.25, 0.3) is 11.5 Å². The number of hydrogen-bond acceptors (Lipinski definition) is 4. The third kappa shape index (κ3) is 3.04. The standard InChI is InChI=1S/C14H13BrClNO3/c1-3-4-11-12(14(18)19-2)20-13(17-11)9-6-5-8(16)7-10(9)15/h5-7H,3-4H2,1-2H3. The van der Waals surface area contributed by atoms with Crippen molar-refractivity contribution >= 4 is 33.5 Å². The van der Waals surface area contributed by atoms with Gasteiger partial charge in [-0.25, -0.2) is 9.78 Å². The molecule has 1 aromatic carbocycles. The van der Waals surface area contributed by atoms with E-state index in [2.05, 4.69) is 20.9 Å². The third-order valence-electron chi connectivity index (χ3n) is 2.72. The Bertz CT molecular complexity index is 639.